The zero-order valence-corrected chi connectivity index (χ0v) is 15.3. The van der Waals surface area contributed by atoms with E-state index in [2.05, 4.69) is 10.2 Å². The van der Waals surface area contributed by atoms with E-state index in [0.717, 1.165) is 11.8 Å². The summed E-state index contributed by atoms with van der Waals surface area (Å²) in [6, 6.07) is 18.4. The standard InChI is InChI=1S/C19H16N4O3S/c1-25-16-10-6-5-9-15(16)18-21-22-19(26-18)27-13-17(24)23(12-11-20)14-7-3-2-4-8-14/h2-10H,12-13H2,1H3. The van der Waals surface area contributed by atoms with E-state index in [9.17, 15) is 4.79 Å². The second-order valence-corrected chi connectivity index (χ2v) is 6.26. The first-order chi connectivity index (χ1) is 13.2. The van der Waals surface area contributed by atoms with E-state index in [1.54, 1.807) is 25.3 Å². The largest absolute Gasteiger partial charge is 0.496 e. The van der Waals surface area contributed by atoms with Gasteiger partial charge in [-0.1, -0.05) is 42.1 Å². The number of carbonyl (C=O) groups excluding carboxylic acids is 1. The number of hydrogen-bond acceptors (Lipinski definition) is 7. The molecule has 0 fully saturated rings. The second-order valence-electron chi connectivity index (χ2n) is 5.34. The maximum Gasteiger partial charge on any atom is 0.277 e. The lowest BCUT2D eigenvalue weighted by Gasteiger charge is -2.18. The van der Waals surface area contributed by atoms with Crippen LogP contribution < -0.4 is 9.64 Å². The van der Waals surface area contributed by atoms with Gasteiger partial charge in [-0.05, 0) is 24.3 Å². The third-order valence-electron chi connectivity index (χ3n) is 3.66. The van der Waals surface area contributed by atoms with Gasteiger partial charge in [0.2, 0.25) is 5.91 Å². The summed E-state index contributed by atoms with van der Waals surface area (Å²) in [7, 11) is 1.57. The highest BCUT2D eigenvalue weighted by Crippen LogP contribution is 2.30. The summed E-state index contributed by atoms with van der Waals surface area (Å²) in [6.07, 6.45) is 0. The minimum atomic E-state index is -0.218. The summed E-state index contributed by atoms with van der Waals surface area (Å²) in [4.78, 5) is 13.9. The first kappa shape index (κ1) is 18.5. The molecule has 1 heterocycles. The predicted molar refractivity (Wildman–Crippen MR) is 101 cm³/mol. The molecule has 1 amide bonds. The van der Waals surface area contributed by atoms with Crippen LogP contribution in [0.4, 0.5) is 5.69 Å². The molecule has 0 aliphatic heterocycles. The lowest BCUT2D eigenvalue weighted by Crippen LogP contribution is -2.32. The number of carbonyl (C=O) groups is 1. The monoisotopic (exact) mass is 380 g/mol. The van der Waals surface area contributed by atoms with Crippen molar-refractivity contribution in [3.05, 3.63) is 54.6 Å². The van der Waals surface area contributed by atoms with Crippen LogP contribution >= 0.6 is 11.8 Å². The molecule has 8 heteroatoms. The minimum Gasteiger partial charge on any atom is -0.496 e. The zero-order chi connectivity index (χ0) is 19.1. The van der Waals surface area contributed by atoms with Crippen molar-refractivity contribution in [1.29, 1.82) is 5.26 Å². The van der Waals surface area contributed by atoms with Crippen LogP contribution in [0, 0.1) is 11.3 Å². The number of nitrogens with zero attached hydrogens (tertiary/aromatic N) is 4. The van der Waals surface area contributed by atoms with Gasteiger partial charge in [0.25, 0.3) is 11.1 Å². The number of amides is 1. The third kappa shape index (κ3) is 4.46. The number of ether oxygens (including phenoxy) is 1. The fourth-order valence-corrected chi connectivity index (χ4v) is 3.04. The normalized spacial score (nSPS) is 10.2. The van der Waals surface area contributed by atoms with Crippen molar-refractivity contribution in [2.24, 2.45) is 0 Å². The van der Waals surface area contributed by atoms with E-state index in [0.29, 0.717) is 22.9 Å². The summed E-state index contributed by atoms with van der Waals surface area (Å²) in [5.74, 6) is 0.798. The molecule has 0 radical (unpaired) electrons. The number of para-hydroxylation sites is 2. The van der Waals surface area contributed by atoms with Gasteiger partial charge >= 0.3 is 0 Å². The molecular formula is C19H16N4O3S. The zero-order valence-electron chi connectivity index (χ0n) is 14.5. The maximum absolute atomic E-state index is 12.5. The number of rotatable bonds is 7. The van der Waals surface area contributed by atoms with Crippen molar-refractivity contribution < 1.29 is 13.9 Å². The van der Waals surface area contributed by atoms with Crippen molar-refractivity contribution >= 4 is 23.4 Å². The van der Waals surface area contributed by atoms with Crippen LogP contribution in [0.25, 0.3) is 11.5 Å². The molecule has 0 unspecified atom stereocenters. The molecule has 0 spiro atoms. The fourth-order valence-electron chi connectivity index (χ4n) is 2.40. The molecule has 0 saturated carbocycles. The second kappa shape index (κ2) is 8.87. The third-order valence-corrected chi connectivity index (χ3v) is 4.46. The van der Waals surface area contributed by atoms with Gasteiger partial charge in [0.05, 0.1) is 24.5 Å². The van der Waals surface area contributed by atoms with Crippen molar-refractivity contribution in [3.8, 4) is 23.3 Å². The maximum atomic E-state index is 12.5. The molecule has 0 bridgehead atoms. The number of benzene rings is 2. The van der Waals surface area contributed by atoms with Crippen LogP contribution in [0.15, 0.2) is 64.2 Å². The average molecular weight is 380 g/mol. The molecule has 3 aromatic rings. The van der Waals surface area contributed by atoms with Crippen molar-refractivity contribution in [3.63, 3.8) is 0 Å². The van der Waals surface area contributed by atoms with Gasteiger partial charge in [-0.2, -0.15) is 5.26 Å². The fraction of sp³-hybridized carbons (Fsp3) is 0.158. The Morgan fingerprint density at radius 1 is 1.19 bits per heavy atom. The molecular weight excluding hydrogens is 364 g/mol. The molecule has 7 nitrogen and oxygen atoms in total. The van der Waals surface area contributed by atoms with Gasteiger partial charge in [-0.3, -0.25) is 9.69 Å². The summed E-state index contributed by atoms with van der Waals surface area (Å²) < 4.78 is 10.9. The Balaban J connectivity index is 1.69. The molecule has 2 aromatic carbocycles. The number of thioether (sulfide) groups is 1. The smallest absolute Gasteiger partial charge is 0.277 e. The summed E-state index contributed by atoms with van der Waals surface area (Å²) in [5.41, 5.74) is 1.35. The molecule has 0 saturated heterocycles. The van der Waals surface area contributed by atoms with Gasteiger partial charge in [0, 0.05) is 5.69 Å². The van der Waals surface area contributed by atoms with Gasteiger partial charge in [0.1, 0.15) is 12.3 Å². The van der Waals surface area contributed by atoms with Crippen molar-refractivity contribution in [1.82, 2.24) is 10.2 Å². The predicted octanol–water partition coefficient (Wildman–Crippen LogP) is 3.39. The van der Waals surface area contributed by atoms with Crippen molar-refractivity contribution in [2.45, 2.75) is 5.22 Å². The average Bonchev–Trinajstić information content (AvgIpc) is 3.19. The topological polar surface area (TPSA) is 92.3 Å². The lowest BCUT2D eigenvalue weighted by molar-refractivity contribution is -0.116. The highest BCUT2D eigenvalue weighted by atomic mass is 32.2. The summed E-state index contributed by atoms with van der Waals surface area (Å²) in [5, 5.41) is 17.3. The molecule has 136 valence electrons. The highest BCUT2D eigenvalue weighted by Gasteiger charge is 2.18. The SMILES string of the molecule is COc1ccccc1-c1nnc(SCC(=O)N(CC#N)c2ccccc2)o1. The molecule has 0 aliphatic carbocycles. The van der Waals surface area contributed by atoms with E-state index in [1.807, 2.05) is 42.5 Å². The molecule has 0 atom stereocenters. The van der Waals surface area contributed by atoms with Crippen LogP contribution in [0.3, 0.4) is 0 Å². The van der Waals surface area contributed by atoms with Gasteiger partial charge < -0.3 is 9.15 Å². The number of anilines is 1. The van der Waals surface area contributed by atoms with Gasteiger partial charge in [-0.15, -0.1) is 10.2 Å². The van der Waals surface area contributed by atoms with Crippen LogP contribution in [-0.2, 0) is 4.79 Å². The Morgan fingerprint density at radius 2 is 1.93 bits per heavy atom. The van der Waals surface area contributed by atoms with Crippen molar-refractivity contribution in [2.75, 3.05) is 24.3 Å². The Labute approximate surface area is 160 Å². The van der Waals surface area contributed by atoms with Gasteiger partial charge in [-0.25, -0.2) is 0 Å². The van der Waals surface area contributed by atoms with E-state index in [1.165, 1.54) is 4.90 Å². The molecule has 3 rings (SSSR count). The molecule has 1 aromatic heterocycles. The first-order valence-corrected chi connectivity index (χ1v) is 9.03. The molecule has 27 heavy (non-hydrogen) atoms. The molecule has 0 N–H and O–H groups in total. The quantitative estimate of drug-likeness (QED) is 0.458. The Bertz CT molecular complexity index is 953. The van der Waals surface area contributed by atoms with Crippen LogP contribution in [0.2, 0.25) is 0 Å². The Morgan fingerprint density at radius 3 is 2.67 bits per heavy atom. The Kier molecular flexibility index (Phi) is 6.07. The van der Waals surface area contributed by atoms with Crippen LogP contribution in [-0.4, -0.2) is 35.5 Å². The van der Waals surface area contributed by atoms with E-state index in [-0.39, 0.29) is 23.4 Å². The summed E-state index contributed by atoms with van der Waals surface area (Å²) in [6.45, 7) is -0.0281. The lowest BCUT2D eigenvalue weighted by atomic mass is 10.2. The summed E-state index contributed by atoms with van der Waals surface area (Å²) >= 11 is 1.12. The van der Waals surface area contributed by atoms with E-state index < -0.39 is 0 Å². The highest BCUT2D eigenvalue weighted by molar-refractivity contribution is 7.99. The van der Waals surface area contributed by atoms with Crippen LogP contribution in [0.5, 0.6) is 5.75 Å². The van der Waals surface area contributed by atoms with Gasteiger partial charge in [0.15, 0.2) is 0 Å². The Hall–Kier alpha value is -3.31. The number of hydrogen-bond donors (Lipinski definition) is 0. The first-order valence-electron chi connectivity index (χ1n) is 8.05. The number of aromatic nitrogens is 2. The van der Waals surface area contributed by atoms with Crippen LogP contribution in [0.1, 0.15) is 0 Å². The number of nitriles is 1. The minimum absolute atomic E-state index is 0.0281. The van der Waals surface area contributed by atoms with E-state index >= 15 is 0 Å². The van der Waals surface area contributed by atoms with E-state index in [4.69, 9.17) is 14.4 Å². The molecule has 0 aliphatic rings. The number of methoxy groups -OCH3 is 1.